The second-order valence-corrected chi connectivity index (χ2v) is 11.0. The molecule has 0 aromatic heterocycles. The molecule has 2 saturated carbocycles. The molecule has 3 nitrogen and oxygen atoms in total. The molecular formula is C27H41NO2. The zero-order valence-corrected chi connectivity index (χ0v) is 19.5. The van der Waals surface area contributed by atoms with Gasteiger partial charge in [0.25, 0.3) is 0 Å². The standard InChI is InChI=1S/C27H41NO2/c1-5-26(3)17-21(19(2)29)15-24(26)25-12-11-22-16-23(13-14-27(22,4)28-25)30-18-20-9-7-6-8-10-20/h6-10,21-25,28H,5,11-18H2,1-4H3. The van der Waals surface area contributed by atoms with E-state index in [-0.39, 0.29) is 11.5 Å². The summed E-state index contributed by atoms with van der Waals surface area (Å²) in [4.78, 5) is 12.1. The molecule has 0 amide bonds. The Hall–Kier alpha value is -1.19. The van der Waals surface area contributed by atoms with Gasteiger partial charge in [-0.1, -0.05) is 50.6 Å². The van der Waals surface area contributed by atoms with E-state index in [0.29, 0.717) is 35.2 Å². The fraction of sp³-hybridized carbons (Fsp3) is 0.741. The van der Waals surface area contributed by atoms with E-state index in [4.69, 9.17) is 4.74 Å². The van der Waals surface area contributed by atoms with Crippen molar-refractivity contribution in [2.75, 3.05) is 0 Å². The van der Waals surface area contributed by atoms with Crippen molar-refractivity contribution in [3.05, 3.63) is 35.9 Å². The highest BCUT2D eigenvalue weighted by molar-refractivity contribution is 5.78. The number of fused-ring (bicyclic) bond motifs is 1. The number of piperidine rings is 1. The van der Waals surface area contributed by atoms with Crippen molar-refractivity contribution in [1.29, 1.82) is 0 Å². The molecule has 1 aliphatic heterocycles. The first-order chi connectivity index (χ1) is 14.3. The molecule has 0 bridgehead atoms. The number of carbonyl (C=O) groups is 1. The van der Waals surface area contributed by atoms with E-state index in [2.05, 4.69) is 56.4 Å². The lowest BCUT2D eigenvalue weighted by molar-refractivity contribution is -0.120. The Kier molecular flexibility index (Phi) is 6.42. The van der Waals surface area contributed by atoms with Crippen molar-refractivity contribution in [3.8, 4) is 0 Å². The van der Waals surface area contributed by atoms with Gasteiger partial charge in [-0.15, -0.1) is 0 Å². The summed E-state index contributed by atoms with van der Waals surface area (Å²) in [5, 5.41) is 4.15. The molecule has 1 saturated heterocycles. The Labute approximate surface area is 183 Å². The largest absolute Gasteiger partial charge is 0.374 e. The number of Topliss-reactive ketones (excluding diaryl/α,β-unsaturated/α-hetero) is 1. The Balaban J connectivity index is 1.37. The summed E-state index contributed by atoms with van der Waals surface area (Å²) >= 11 is 0. The van der Waals surface area contributed by atoms with Crippen LogP contribution in [0.25, 0.3) is 0 Å². The summed E-state index contributed by atoms with van der Waals surface area (Å²) < 4.78 is 6.32. The first kappa shape index (κ1) is 22.0. The van der Waals surface area contributed by atoms with E-state index in [9.17, 15) is 4.79 Å². The van der Waals surface area contributed by atoms with Gasteiger partial charge >= 0.3 is 0 Å². The van der Waals surface area contributed by atoms with E-state index in [1.165, 1.54) is 37.7 Å². The molecule has 3 heteroatoms. The zero-order valence-electron chi connectivity index (χ0n) is 19.5. The lowest BCUT2D eigenvalue weighted by atomic mass is 9.64. The van der Waals surface area contributed by atoms with E-state index in [1.807, 2.05) is 0 Å². The Morgan fingerprint density at radius 3 is 2.60 bits per heavy atom. The van der Waals surface area contributed by atoms with Gasteiger partial charge in [0, 0.05) is 17.5 Å². The van der Waals surface area contributed by atoms with Gasteiger partial charge in [0.15, 0.2) is 0 Å². The summed E-state index contributed by atoms with van der Waals surface area (Å²) in [6.45, 7) is 9.74. The van der Waals surface area contributed by atoms with Crippen LogP contribution in [0, 0.1) is 23.2 Å². The monoisotopic (exact) mass is 411 g/mol. The molecular weight excluding hydrogens is 370 g/mol. The summed E-state index contributed by atoms with van der Waals surface area (Å²) in [5.74, 6) is 1.99. The Morgan fingerprint density at radius 1 is 1.13 bits per heavy atom. The maximum absolute atomic E-state index is 12.1. The van der Waals surface area contributed by atoms with Crippen LogP contribution < -0.4 is 5.32 Å². The molecule has 2 aliphatic carbocycles. The number of ether oxygens (including phenoxy) is 1. The first-order valence-electron chi connectivity index (χ1n) is 12.3. The minimum Gasteiger partial charge on any atom is -0.374 e. The predicted molar refractivity (Wildman–Crippen MR) is 122 cm³/mol. The fourth-order valence-electron chi connectivity index (χ4n) is 6.86. The lowest BCUT2D eigenvalue weighted by Crippen LogP contribution is -2.62. The van der Waals surface area contributed by atoms with Crippen LogP contribution in [-0.4, -0.2) is 23.5 Å². The first-order valence-corrected chi connectivity index (χ1v) is 12.3. The third kappa shape index (κ3) is 4.39. The third-order valence-corrected chi connectivity index (χ3v) is 9.12. The summed E-state index contributed by atoms with van der Waals surface area (Å²) in [6.07, 6.45) is 9.78. The maximum atomic E-state index is 12.1. The van der Waals surface area contributed by atoms with E-state index >= 15 is 0 Å². The summed E-state index contributed by atoms with van der Waals surface area (Å²) in [6, 6.07) is 11.1. The molecule has 3 aliphatic rings. The van der Waals surface area contributed by atoms with Gasteiger partial charge in [-0.05, 0) is 81.6 Å². The van der Waals surface area contributed by atoms with Gasteiger partial charge in [0.1, 0.15) is 5.78 Å². The van der Waals surface area contributed by atoms with E-state index < -0.39 is 0 Å². The van der Waals surface area contributed by atoms with Crippen LogP contribution in [0.5, 0.6) is 0 Å². The molecule has 1 aromatic carbocycles. The van der Waals surface area contributed by atoms with Crippen LogP contribution >= 0.6 is 0 Å². The topological polar surface area (TPSA) is 38.3 Å². The zero-order chi connectivity index (χ0) is 21.4. The Morgan fingerprint density at radius 2 is 1.90 bits per heavy atom. The third-order valence-electron chi connectivity index (χ3n) is 9.12. The molecule has 0 radical (unpaired) electrons. The van der Waals surface area contributed by atoms with Crippen LogP contribution in [0.3, 0.4) is 0 Å². The van der Waals surface area contributed by atoms with Gasteiger partial charge in [-0.3, -0.25) is 4.79 Å². The second kappa shape index (κ2) is 8.74. The average Bonchev–Trinajstić information content (AvgIpc) is 3.11. The molecule has 4 rings (SSSR count). The van der Waals surface area contributed by atoms with E-state index in [1.54, 1.807) is 6.92 Å². The second-order valence-electron chi connectivity index (χ2n) is 11.0. The SMILES string of the molecule is CCC1(C)CC(C(C)=O)CC1C1CCC2CC(OCc3ccccc3)CCC2(C)N1. The highest BCUT2D eigenvalue weighted by Crippen LogP contribution is 2.53. The van der Waals surface area contributed by atoms with Crippen LogP contribution in [0.2, 0.25) is 0 Å². The van der Waals surface area contributed by atoms with Crippen molar-refractivity contribution in [2.24, 2.45) is 23.2 Å². The predicted octanol–water partition coefficient (Wildman–Crippen LogP) is 5.91. The minimum absolute atomic E-state index is 0.221. The average molecular weight is 412 g/mol. The number of carbonyl (C=O) groups excluding carboxylic acids is 1. The smallest absolute Gasteiger partial charge is 0.132 e. The van der Waals surface area contributed by atoms with E-state index in [0.717, 1.165) is 25.9 Å². The van der Waals surface area contributed by atoms with Crippen molar-refractivity contribution in [2.45, 2.75) is 103 Å². The van der Waals surface area contributed by atoms with Crippen molar-refractivity contribution >= 4 is 5.78 Å². The number of ketones is 1. The minimum atomic E-state index is 0.221. The van der Waals surface area contributed by atoms with Crippen LogP contribution in [0.1, 0.15) is 84.6 Å². The number of hydrogen-bond donors (Lipinski definition) is 1. The van der Waals surface area contributed by atoms with Crippen LogP contribution in [0.15, 0.2) is 30.3 Å². The molecule has 1 aromatic rings. The van der Waals surface area contributed by atoms with Gasteiger partial charge in [-0.2, -0.15) is 0 Å². The van der Waals surface area contributed by atoms with Crippen LogP contribution in [0.4, 0.5) is 0 Å². The van der Waals surface area contributed by atoms with Crippen molar-refractivity contribution < 1.29 is 9.53 Å². The summed E-state index contributed by atoms with van der Waals surface area (Å²) in [5.41, 5.74) is 1.79. The van der Waals surface area contributed by atoms with Crippen molar-refractivity contribution in [1.82, 2.24) is 5.32 Å². The Bertz CT molecular complexity index is 734. The molecule has 3 fully saturated rings. The van der Waals surface area contributed by atoms with Gasteiger partial charge in [0.2, 0.25) is 0 Å². The van der Waals surface area contributed by atoms with Crippen molar-refractivity contribution in [3.63, 3.8) is 0 Å². The highest BCUT2D eigenvalue weighted by atomic mass is 16.5. The number of rotatable bonds is 6. The lowest BCUT2D eigenvalue weighted by Gasteiger charge is -2.53. The maximum Gasteiger partial charge on any atom is 0.132 e. The highest BCUT2D eigenvalue weighted by Gasteiger charge is 2.52. The quantitative estimate of drug-likeness (QED) is 0.632. The van der Waals surface area contributed by atoms with Gasteiger partial charge < -0.3 is 10.1 Å². The molecule has 30 heavy (non-hydrogen) atoms. The number of nitrogens with one attached hydrogen (secondary N) is 1. The summed E-state index contributed by atoms with van der Waals surface area (Å²) in [7, 11) is 0. The normalized spacial score (nSPS) is 41.4. The molecule has 7 unspecified atom stereocenters. The molecule has 1 N–H and O–H groups in total. The molecule has 7 atom stereocenters. The molecule has 166 valence electrons. The fourth-order valence-corrected chi connectivity index (χ4v) is 6.86. The number of hydrogen-bond acceptors (Lipinski definition) is 3. The molecule has 1 heterocycles. The van der Waals surface area contributed by atoms with Crippen LogP contribution in [-0.2, 0) is 16.1 Å². The molecule has 0 spiro atoms. The van der Waals surface area contributed by atoms with Gasteiger partial charge in [-0.25, -0.2) is 0 Å². The van der Waals surface area contributed by atoms with Gasteiger partial charge in [0.05, 0.1) is 12.7 Å². The number of benzene rings is 1.